The summed E-state index contributed by atoms with van der Waals surface area (Å²) in [4.78, 5) is 7.06. The summed E-state index contributed by atoms with van der Waals surface area (Å²) in [5.41, 5.74) is 5.52. The minimum Gasteiger partial charge on any atom is -0.462 e. The van der Waals surface area contributed by atoms with Gasteiger partial charge < -0.3 is 9.64 Å². The maximum absolute atomic E-state index is 9.34. The normalized spacial score (nSPS) is 16.9. The van der Waals surface area contributed by atoms with Gasteiger partial charge in [-0.3, -0.25) is 0 Å². The molecule has 0 atom stereocenters. The van der Waals surface area contributed by atoms with Crippen LogP contribution in [0.4, 0.5) is 5.00 Å². The lowest BCUT2D eigenvalue weighted by atomic mass is 9.95. The number of rotatable bonds is 5. The maximum Gasteiger partial charge on any atom is 0.269 e. The van der Waals surface area contributed by atoms with Crippen molar-refractivity contribution >= 4 is 22.4 Å². The summed E-state index contributed by atoms with van der Waals surface area (Å²) >= 11 is 1.82. The first kappa shape index (κ1) is 24.4. The second-order valence-corrected chi connectivity index (χ2v) is 10.1. The summed E-state index contributed by atoms with van der Waals surface area (Å²) in [5, 5.41) is 10.6. The number of nitrogens with zero attached hydrogens (tertiary/aromatic N) is 3. The molecule has 3 aromatic rings. The third-order valence-electron chi connectivity index (χ3n) is 6.51. The van der Waals surface area contributed by atoms with Crippen LogP contribution in [0.15, 0.2) is 102 Å². The minimum atomic E-state index is 0.0633. The molecule has 0 amide bonds. The fourth-order valence-corrected chi connectivity index (χ4v) is 6.13. The van der Waals surface area contributed by atoms with E-state index in [0.717, 1.165) is 18.0 Å². The van der Waals surface area contributed by atoms with Gasteiger partial charge in [0.15, 0.2) is 0 Å². The molecule has 2 aliphatic heterocycles. The Hall–Kier alpha value is -4.32. The van der Waals surface area contributed by atoms with Crippen LogP contribution in [0, 0.1) is 17.9 Å². The number of allylic oxidation sites excluding steroid dienone is 6. The Morgan fingerprint density at radius 2 is 1.59 bits per heavy atom. The smallest absolute Gasteiger partial charge is 0.269 e. The molecule has 5 heteroatoms. The molecule has 0 aliphatic carbocycles. The van der Waals surface area contributed by atoms with Crippen LogP contribution in [-0.4, -0.2) is 13.1 Å². The van der Waals surface area contributed by atoms with Crippen LogP contribution in [-0.2, 0) is 4.74 Å². The van der Waals surface area contributed by atoms with Crippen molar-refractivity contribution in [2.45, 2.75) is 26.2 Å². The van der Waals surface area contributed by atoms with E-state index in [-0.39, 0.29) is 5.70 Å². The quantitative estimate of drug-likeness (QED) is 0.260. The van der Waals surface area contributed by atoms with Crippen LogP contribution in [0.25, 0.3) is 33.2 Å². The van der Waals surface area contributed by atoms with Gasteiger partial charge in [-0.25, -0.2) is 10.1 Å². The van der Waals surface area contributed by atoms with Gasteiger partial charge in [0.25, 0.3) is 5.70 Å². The van der Waals surface area contributed by atoms with Crippen LogP contribution in [0.1, 0.15) is 31.1 Å². The number of anilines is 1. The van der Waals surface area contributed by atoms with E-state index in [1.807, 2.05) is 36.5 Å². The van der Waals surface area contributed by atoms with Crippen molar-refractivity contribution in [3.63, 3.8) is 0 Å². The van der Waals surface area contributed by atoms with Gasteiger partial charge >= 0.3 is 0 Å². The zero-order valence-electron chi connectivity index (χ0n) is 20.8. The summed E-state index contributed by atoms with van der Waals surface area (Å²) in [5.74, 6) is 1.27. The van der Waals surface area contributed by atoms with E-state index in [1.165, 1.54) is 46.5 Å². The number of piperidine rings is 1. The van der Waals surface area contributed by atoms with Crippen molar-refractivity contribution < 1.29 is 4.74 Å². The fraction of sp³-hybridized carbons (Fsp3) is 0.188. The van der Waals surface area contributed by atoms with Crippen LogP contribution >= 0.6 is 11.3 Å². The summed E-state index contributed by atoms with van der Waals surface area (Å²) in [6, 6.07) is 23.2. The summed E-state index contributed by atoms with van der Waals surface area (Å²) in [6.07, 6.45) is 11.3. The molecule has 0 spiro atoms. The van der Waals surface area contributed by atoms with Gasteiger partial charge in [-0.1, -0.05) is 60.7 Å². The Labute approximate surface area is 222 Å². The largest absolute Gasteiger partial charge is 0.462 e. The number of ether oxygens (including phenoxy) is 1. The highest BCUT2D eigenvalue weighted by atomic mass is 32.1. The van der Waals surface area contributed by atoms with Gasteiger partial charge in [0, 0.05) is 29.1 Å². The van der Waals surface area contributed by atoms with E-state index in [2.05, 4.69) is 70.4 Å². The average Bonchev–Trinajstić information content (AvgIpc) is 3.33. The Morgan fingerprint density at radius 1 is 0.946 bits per heavy atom. The molecule has 1 aromatic heterocycles. The van der Waals surface area contributed by atoms with Crippen LogP contribution < -0.4 is 4.90 Å². The molecule has 0 N–H and O–H groups in total. The van der Waals surface area contributed by atoms with E-state index >= 15 is 0 Å². The third kappa shape index (κ3) is 5.28. The van der Waals surface area contributed by atoms with Gasteiger partial charge in [0.1, 0.15) is 16.5 Å². The molecule has 182 valence electrons. The number of hydrogen-bond acceptors (Lipinski definition) is 4. The molecule has 0 unspecified atom stereocenters. The standard InChI is InChI=1S/C32H27N3OS/c1-23-20-26(28(22-33)34-2)21-27(36-23)16-17-29-30(24-12-6-3-7-13-24)31(25-14-8-4-9-15-25)32(37-29)35-18-10-5-11-19-35/h3-4,6-9,12-17,20-21H,5,10-11,18-19H2,1H3/b17-16+,28-26-. The zero-order chi connectivity index (χ0) is 25.6. The molecular weight excluding hydrogens is 474 g/mol. The molecule has 4 nitrogen and oxygen atoms in total. The SMILES string of the molecule is [C-]#[N+]/C(C#N)=C1/C=C(C)OC(/C=C/c2sc(N3CCCCC3)c(-c3ccccc3)c2-c2ccccc2)=C1. The summed E-state index contributed by atoms with van der Waals surface area (Å²) in [7, 11) is 0. The second-order valence-electron chi connectivity index (χ2n) is 9.07. The molecular formula is C32H27N3OS. The molecule has 2 aromatic carbocycles. The highest BCUT2D eigenvalue weighted by molar-refractivity contribution is 7.18. The molecule has 1 fully saturated rings. The first-order chi connectivity index (χ1) is 18.2. The molecule has 2 aliphatic rings. The lowest BCUT2D eigenvalue weighted by Crippen LogP contribution is -2.28. The van der Waals surface area contributed by atoms with Crippen LogP contribution in [0.5, 0.6) is 0 Å². The zero-order valence-corrected chi connectivity index (χ0v) is 21.6. The van der Waals surface area contributed by atoms with Crippen molar-refractivity contribution in [3.05, 3.63) is 118 Å². The van der Waals surface area contributed by atoms with E-state index in [9.17, 15) is 5.26 Å². The summed E-state index contributed by atoms with van der Waals surface area (Å²) < 4.78 is 5.94. The van der Waals surface area contributed by atoms with E-state index in [0.29, 0.717) is 17.1 Å². The van der Waals surface area contributed by atoms with Crippen molar-refractivity contribution in [1.82, 2.24) is 0 Å². The molecule has 3 heterocycles. The Kier molecular flexibility index (Phi) is 7.36. The molecule has 0 bridgehead atoms. The maximum atomic E-state index is 9.34. The molecule has 0 saturated carbocycles. The molecule has 37 heavy (non-hydrogen) atoms. The average molecular weight is 502 g/mol. The van der Waals surface area contributed by atoms with Gasteiger partial charge in [0.05, 0.1) is 12.6 Å². The first-order valence-electron chi connectivity index (χ1n) is 12.5. The number of hydrogen-bond donors (Lipinski definition) is 0. The predicted molar refractivity (Wildman–Crippen MR) is 152 cm³/mol. The highest BCUT2D eigenvalue weighted by Gasteiger charge is 2.24. The van der Waals surface area contributed by atoms with Gasteiger partial charge in [-0.2, -0.15) is 0 Å². The molecule has 1 saturated heterocycles. The summed E-state index contributed by atoms with van der Waals surface area (Å²) in [6.45, 7) is 11.3. The lowest BCUT2D eigenvalue weighted by Gasteiger charge is -2.28. The van der Waals surface area contributed by atoms with E-state index < -0.39 is 0 Å². The van der Waals surface area contributed by atoms with Gasteiger partial charge in [0.2, 0.25) is 0 Å². The predicted octanol–water partition coefficient (Wildman–Crippen LogP) is 8.60. The van der Waals surface area contributed by atoms with Crippen molar-refractivity contribution in [2.75, 3.05) is 18.0 Å². The fourth-order valence-electron chi connectivity index (χ4n) is 4.83. The Bertz CT molecular complexity index is 1470. The number of nitriles is 1. The lowest BCUT2D eigenvalue weighted by molar-refractivity contribution is 0.318. The minimum absolute atomic E-state index is 0.0633. The van der Waals surface area contributed by atoms with Crippen LogP contribution in [0.2, 0.25) is 0 Å². The van der Waals surface area contributed by atoms with Crippen molar-refractivity contribution in [2.24, 2.45) is 0 Å². The van der Waals surface area contributed by atoms with Crippen molar-refractivity contribution in [1.29, 1.82) is 5.26 Å². The van der Waals surface area contributed by atoms with E-state index in [1.54, 1.807) is 12.2 Å². The van der Waals surface area contributed by atoms with Gasteiger partial charge in [-0.05, 0) is 67.2 Å². The number of benzene rings is 2. The van der Waals surface area contributed by atoms with E-state index in [4.69, 9.17) is 11.3 Å². The Morgan fingerprint density at radius 3 is 2.22 bits per heavy atom. The highest BCUT2D eigenvalue weighted by Crippen LogP contribution is 2.49. The van der Waals surface area contributed by atoms with Crippen LogP contribution in [0.3, 0.4) is 0 Å². The monoisotopic (exact) mass is 501 g/mol. The first-order valence-corrected chi connectivity index (χ1v) is 13.3. The Balaban J connectivity index is 1.67. The molecule has 0 radical (unpaired) electrons. The van der Waals surface area contributed by atoms with Gasteiger partial charge in [-0.15, -0.1) is 11.3 Å². The van der Waals surface area contributed by atoms with Crippen molar-refractivity contribution in [3.8, 4) is 28.3 Å². The third-order valence-corrected chi connectivity index (χ3v) is 7.73. The second kappa shape index (κ2) is 11.2. The topological polar surface area (TPSA) is 40.6 Å². The number of thiophene rings is 1. The molecule has 5 rings (SSSR count).